The van der Waals surface area contributed by atoms with Crippen LogP contribution >= 0.6 is 11.6 Å². The maximum absolute atomic E-state index is 13.1. The molecule has 0 aromatic heterocycles. The van der Waals surface area contributed by atoms with Crippen LogP contribution in [0.1, 0.15) is 24.0 Å². The Kier molecular flexibility index (Phi) is 5.57. The monoisotopic (exact) mass is 291 g/mol. The van der Waals surface area contributed by atoms with Gasteiger partial charge in [-0.1, -0.05) is 54.9 Å². The zero-order chi connectivity index (χ0) is 14.4. The summed E-state index contributed by atoms with van der Waals surface area (Å²) < 4.78 is 13.1. The molecule has 0 saturated carbocycles. The molecule has 106 valence electrons. The average molecular weight is 292 g/mol. The Balaban J connectivity index is 2.19. The number of rotatable bonds is 6. The normalized spacial score (nSPS) is 12.3. The molecule has 2 aromatic rings. The largest absolute Gasteiger partial charge is 0.316 e. The lowest BCUT2D eigenvalue weighted by Crippen LogP contribution is -2.22. The molecule has 0 radical (unpaired) electrons. The van der Waals surface area contributed by atoms with Crippen molar-refractivity contribution in [1.29, 1.82) is 0 Å². The van der Waals surface area contributed by atoms with E-state index in [-0.39, 0.29) is 5.82 Å². The standard InChI is InChI=1S/C17H19ClFN/c1-2-20-12-15(13-6-4-3-5-7-13)10-14-8-9-16(19)11-17(14)18/h3-9,11,15,20H,2,10,12H2,1H3. The van der Waals surface area contributed by atoms with E-state index in [2.05, 4.69) is 24.4 Å². The highest BCUT2D eigenvalue weighted by atomic mass is 35.5. The van der Waals surface area contributed by atoms with E-state index >= 15 is 0 Å². The van der Waals surface area contributed by atoms with Crippen LogP contribution in [-0.4, -0.2) is 13.1 Å². The summed E-state index contributed by atoms with van der Waals surface area (Å²) in [6.07, 6.45) is 0.802. The minimum absolute atomic E-state index is 0.290. The van der Waals surface area contributed by atoms with Crippen molar-refractivity contribution in [1.82, 2.24) is 5.32 Å². The predicted molar refractivity (Wildman–Crippen MR) is 82.8 cm³/mol. The second kappa shape index (κ2) is 7.41. The van der Waals surface area contributed by atoms with Gasteiger partial charge >= 0.3 is 0 Å². The highest BCUT2D eigenvalue weighted by Crippen LogP contribution is 2.25. The van der Waals surface area contributed by atoms with Crippen molar-refractivity contribution in [2.75, 3.05) is 13.1 Å². The van der Waals surface area contributed by atoms with E-state index in [0.717, 1.165) is 25.1 Å². The smallest absolute Gasteiger partial charge is 0.124 e. The Labute approximate surface area is 124 Å². The van der Waals surface area contributed by atoms with Crippen molar-refractivity contribution in [3.63, 3.8) is 0 Å². The first-order chi connectivity index (χ1) is 9.70. The summed E-state index contributed by atoms with van der Waals surface area (Å²) in [6, 6.07) is 15.0. The van der Waals surface area contributed by atoms with Gasteiger partial charge in [0.15, 0.2) is 0 Å². The van der Waals surface area contributed by atoms with E-state index in [1.165, 1.54) is 17.7 Å². The van der Waals surface area contributed by atoms with Gasteiger partial charge < -0.3 is 5.32 Å². The van der Waals surface area contributed by atoms with Crippen LogP contribution in [0.25, 0.3) is 0 Å². The van der Waals surface area contributed by atoms with Crippen LogP contribution in [-0.2, 0) is 6.42 Å². The second-order valence-corrected chi connectivity index (χ2v) is 5.26. The van der Waals surface area contributed by atoms with Crippen LogP contribution < -0.4 is 5.32 Å². The van der Waals surface area contributed by atoms with Crippen molar-refractivity contribution in [2.45, 2.75) is 19.3 Å². The molecule has 1 N–H and O–H groups in total. The number of likely N-dealkylation sites (N-methyl/N-ethyl adjacent to an activating group) is 1. The van der Waals surface area contributed by atoms with Crippen LogP contribution in [0.15, 0.2) is 48.5 Å². The van der Waals surface area contributed by atoms with Crippen LogP contribution in [0.3, 0.4) is 0 Å². The van der Waals surface area contributed by atoms with Gasteiger partial charge in [-0.05, 0) is 36.2 Å². The first-order valence-electron chi connectivity index (χ1n) is 6.90. The van der Waals surface area contributed by atoms with Crippen LogP contribution in [0.2, 0.25) is 5.02 Å². The van der Waals surface area contributed by atoms with Crippen molar-refractivity contribution in [2.24, 2.45) is 0 Å². The molecule has 0 heterocycles. The van der Waals surface area contributed by atoms with E-state index in [0.29, 0.717) is 10.9 Å². The fraction of sp³-hybridized carbons (Fsp3) is 0.294. The Bertz CT molecular complexity index is 542. The maximum atomic E-state index is 13.1. The summed E-state index contributed by atoms with van der Waals surface area (Å²) in [6.45, 7) is 3.90. The molecule has 0 bridgehead atoms. The van der Waals surface area contributed by atoms with E-state index < -0.39 is 0 Å². The highest BCUT2D eigenvalue weighted by molar-refractivity contribution is 6.31. The fourth-order valence-corrected chi connectivity index (χ4v) is 2.55. The molecule has 1 nitrogen and oxygen atoms in total. The Hall–Kier alpha value is -1.38. The third-order valence-electron chi connectivity index (χ3n) is 3.39. The molecule has 0 spiro atoms. The minimum atomic E-state index is -0.290. The minimum Gasteiger partial charge on any atom is -0.316 e. The van der Waals surface area contributed by atoms with Gasteiger partial charge in [-0.15, -0.1) is 0 Å². The van der Waals surface area contributed by atoms with E-state index in [1.807, 2.05) is 18.2 Å². The van der Waals surface area contributed by atoms with Crippen LogP contribution in [0.5, 0.6) is 0 Å². The lowest BCUT2D eigenvalue weighted by Gasteiger charge is -2.18. The number of hydrogen-bond donors (Lipinski definition) is 1. The summed E-state index contributed by atoms with van der Waals surface area (Å²) in [5.41, 5.74) is 2.26. The molecule has 1 atom stereocenters. The summed E-state index contributed by atoms with van der Waals surface area (Å²) in [7, 11) is 0. The van der Waals surface area contributed by atoms with Gasteiger partial charge in [-0.3, -0.25) is 0 Å². The van der Waals surface area contributed by atoms with Crippen LogP contribution in [0.4, 0.5) is 4.39 Å². The molecule has 20 heavy (non-hydrogen) atoms. The first kappa shape index (κ1) is 15.0. The molecule has 0 aliphatic carbocycles. The van der Waals surface area contributed by atoms with E-state index in [1.54, 1.807) is 6.07 Å². The van der Waals surface area contributed by atoms with Crippen molar-refractivity contribution >= 4 is 11.6 Å². The first-order valence-corrected chi connectivity index (χ1v) is 7.28. The molecule has 0 amide bonds. The van der Waals surface area contributed by atoms with Crippen LogP contribution in [0, 0.1) is 5.82 Å². The summed E-state index contributed by atoms with van der Waals surface area (Å²) in [4.78, 5) is 0. The molecule has 0 fully saturated rings. The molecule has 0 saturated heterocycles. The highest BCUT2D eigenvalue weighted by Gasteiger charge is 2.14. The van der Waals surface area contributed by atoms with Crippen molar-refractivity contribution < 1.29 is 4.39 Å². The lowest BCUT2D eigenvalue weighted by molar-refractivity contribution is 0.592. The number of halogens is 2. The van der Waals surface area contributed by atoms with Gasteiger partial charge in [-0.2, -0.15) is 0 Å². The molecule has 1 unspecified atom stereocenters. The SMILES string of the molecule is CCNCC(Cc1ccc(F)cc1Cl)c1ccccc1. The molecule has 2 aromatic carbocycles. The van der Waals surface area contributed by atoms with Gasteiger partial charge in [-0.25, -0.2) is 4.39 Å². The average Bonchev–Trinajstić information content (AvgIpc) is 2.46. The zero-order valence-corrected chi connectivity index (χ0v) is 12.3. The fourth-order valence-electron chi connectivity index (χ4n) is 2.30. The van der Waals surface area contributed by atoms with Gasteiger partial charge in [0.1, 0.15) is 5.82 Å². The van der Waals surface area contributed by atoms with Crippen molar-refractivity contribution in [3.05, 3.63) is 70.5 Å². The molecule has 0 aliphatic heterocycles. The van der Waals surface area contributed by atoms with E-state index in [9.17, 15) is 4.39 Å². The third-order valence-corrected chi connectivity index (χ3v) is 3.74. The lowest BCUT2D eigenvalue weighted by atomic mass is 9.92. The molecule has 0 aliphatic rings. The van der Waals surface area contributed by atoms with Gasteiger partial charge in [0.25, 0.3) is 0 Å². The van der Waals surface area contributed by atoms with Gasteiger partial charge in [0.2, 0.25) is 0 Å². The number of nitrogens with one attached hydrogen (secondary N) is 1. The molecular formula is C17H19ClFN. The third kappa shape index (κ3) is 4.06. The summed E-state index contributed by atoms with van der Waals surface area (Å²) >= 11 is 6.13. The Morgan fingerprint density at radius 2 is 1.90 bits per heavy atom. The number of benzene rings is 2. The van der Waals surface area contributed by atoms with E-state index in [4.69, 9.17) is 11.6 Å². The maximum Gasteiger partial charge on any atom is 0.124 e. The predicted octanol–water partition coefficient (Wildman–Crippen LogP) is 4.41. The second-order valence-electron chi connectivity index (χ2n) is 4.86. The summed E-state index contributed by atoms with van der Waals surface area (Å²) in [5, 5.41) is 3.88. The topological polar surface area (TPSA) is 12.0 Å². The van der Waals surface area contributed by atoms with Crippen molar-refractivity contribution in [3.8, 4) is 0 Å². The summed E-state index contributed by atoms with van der Waals surface area (Å²) in [5.74, 6) is 0.0424. The number of hydrogen-bond acceptors (Lipinski definition) is 1. The van der Waals surface area contributed by atoms with Gasteiger partial charge in [0.05, 0.1) is 0 Å². The van der Waals surface area contributed by atoms with Gasteiger partial charge in [0, 0.05) is 17.5 Å². The Morgan fingerprint density at radius 1 is 1.15 bits per heavy atom. The molecule has 2 rings (SSSR count). The Morgan fingerprint density at radius 3 is 2.55 bits per heavy atom. The quantitative estimate of drug-likeness (QED) is 0.831. The zero-order valence-electron chi connectivity index (χ0n) is 11.6. The molecule has 3 heteroatoms. The molecular weight excluding hydrogens is 273 g/mol.